The fourth-order valence-corrected chi connectivity index (χ4v) is 2.23. The Morgan fingerprint density at radius 3 is 2.63 bits per heavy atom. The summed E-state index contributed by atoms with van der Waals surface area (Å²) in [4.78, 5) is 0. The molecule has 0 atom stereocenters. The van der Waals surface area contributed by atoms with Gasteiger partial charge in [-0.05, 0) is 35.7 Å². The van der Waals surface area contributed by atoms with Crippen LogP contribution in [0, 0.1) is 5.82 Å². The first-order chi connectivity index (χ1) is 9.08. The molecule has 3 heteroatoms. The molecule has 0 heterocycles. The molecule has 0 unspecified atom stereocenters. The molecule has 0 aliphatic rings. The number of anilines is 1. The van der Waals surface area contributed by atoms with Crippen LogP contribution in [-0.4, -0.2) is 0 Å². The molecule has 0 aromatic heterocycles. The van der Waals surface area contributed by atoms with Crippen molar-refractivity contribution in [2.24, 2.45) is 0 Å². The van der Waals surface area contributed by atoms with Crippen molar-refractivity contribution < 1.29 is 4.39 Å². The molecule has 0 spiro atoms. The summed E-state index contributed by atoms with van der Waals surface area (Å²) < 4.78 is 13.6. The van der Waals surface area contributed by atoms with Gasteiger partial charge in [0.25, 0.3) is 0 Å². The first-order valence-electron chi connectivity index (χ1n) is 6.34. The minimum Gasteiger partial charge on any atom is -0.381 e. The predicted molar refractivity (Wildman–Crippen MR) is 79.3 cm³/mol. The topological polar surface area (TPSA) is 12.0 Å². The van der Waals surface area contributed by atoms with E-state index in [1.165, 1.54) is 11.6 Å². The number of hydrogen-bond donors (Lipinski definition) is 1. The number of nitrogens with one attached hydrogen (secondary N) is 1. The molecule has 0 saturated heterocycles. The van der Waals surface area contributed by atoms with Crippen molar-refractivity contribution in [2.45, 2.75) is 26.3 Å². The van der Waals surface area contributed by atoms with Gasteiger partial charge in [-0.3, -0.25) is 0 Å². The van der Waals surface area contributed by atoms with Crippen LogP contribution in [0.25, 0.3) is 0 Å². The van der Waals surface area contributed by atoms with Crippen LogP contribution in [-0.2, 0) is 6.54 Å². The highest BCUT2D eigenvalue weighted by molar-refractivity contribution is 6.30. The Bertz CT molecular complexity index is 566. The zero-order valence-electron chi connectivity index (χ0n) is 11.1. The molecule has 1 nitrogen and oxygen atoms in total. The smallest absolute Gasteiger partial charge is 0.128 e. The van der Waals surface area contributed by atoms with Gasteiger partial charge in [-0.25, -0.2) is 4.39 Å². The van der Waals surface area contributed by atoms with Gasteiger partial charge in [0.05, 0.1) is 0 Å². The van der Waals surface area contributed by atoms with Crippen molar-refractivity contribution in [3.05, 3.63) is 64.4 Å². The summed E-state index contributed by atoms with van der Waals surface area (Å²) in [6, 6.07) is 12.7. The van der Waals surface area contributed by atoms with Gasteiger partial charge in [0.15, 0.2) is 0 Å². The van der Waals surface area contributed by atoms with E-state index >= 15 is 0 Å². The zero-order valence-corrected chi connectivity index (χ0v) is 11.8. The summed E-state index contributed by atoms with van der Waals surface area (Å²) in [5, 5.41) is 3.83. The Morgan fingerprint density at radius 1 is 1.16 bits per heavy atom. The van der Waals surface area contributed by atoms with Crippen LogP contribution in [0.3, 0.4) is 0 Å². The number of benzene rings is 2. The van der Waals surface area contributed by atoms with Crippen LogP contribution in [0.4, 0.5) is 10.1 Å². The third kappa shape index (κ3) is 3.48. The van der Waals surface area contributed by atoms with Gasteiger partial charge in [-0.2, -0.15) is 0 Å². The molecule has 2 rings (SSSR count). The van der Waals surface area contributed by atoms with Crippen LogP contribution in [0.15, 0.2) is 42.5 Å². The highest BCUT2D eigenvalue weighted by Gasteiger charge is 2.07. The molecule has 0 amide bonds. The molecule has 0 radical (unpaired) electrons. The summed E-state index contributed by atoms with van der Waals surface area (Å²) in [7, 11) is 0. The van der Waals surface area contributed by atoms with E-state index in [4.69, 9.17) is 11.6 Å². The second-order valence-electron chi connectivity index (χ2n) is 4.83. The summed E-state index contributed by atoms with van der Waals surface area (Å²) in [6.07, 6.45) is 0. The Balaban J connectivity index is 2.17. The van der Waals surface area contributed by atoms with Gasteiger partial charge in [0.2, 0.25) is 0 Å². The van der Waals surface area contributed by atoms with Crippen LogP contribution < -0.4 is 5.32 Å². The van der Waals surface area contributed by atoms with Crippen LogP contribution in [0.1, 0.15) is 30.9 Å². The SMILES string of the molecule is CC(C)c1ccccc1NCc1cc(Cl)ccc1F. The lowest BCUT2D eigenvalue weighted by atomic mass is 10.0. The number of halogens is 2. The lowest BCUT2D eigenvalue weighted by molar-refractivity contribution is 0.613. The maximum Gasteiger partial charge on any atom is 0.128 e. The first kappa shape index (κ1) is 13.9. The highest BCUT2D eigenvalue weighted by atomic mass is 35.5. The number of hydrogen-bond acceptors (Lipinski definition) is 1. The molecule has 0 aliphatic heterocycles. The van der Waals surface area contributed by atoms with Crippen molar-refractivity contribution >= 4 is 17.3 Å². The van der Waals surface area contributed by atoms with Gasteiger partial charge >= 0.3 is 0 Å². The van der Waals surface area contributed by atoms with Gasteiger partial charge in [0, 0.05) is 22.8 Å². The molecule has 100 valence electrons. The summed E-state index contributed by atoms with van der Waals surface area (Å²) in [5.41, 5.74) is 2.84. The molecule has 0 fully saturated rings. The van der Waals surface area contributed by atoms with Crippen molar-refractivity contribution in [3.63, 3.8) is 0 Å². The number of rotatable bonds is 4. The largest absolute Gasteiger partial charge is 0.381 e. The zero-order chi connectivity index (χ0) is 13.8. The second kappa shape index (κ2) is 6.07. The predicted octanol–water partition coefficient (Wildman–Crippen LogP) is 5.21. The molecule has 2 aromatic rings. The average molecular weight is 278 g/mol. The molecular weight excluding hydrogens is 261 g/mol. The Kier molecular flexibility index (Phi) is 4.43. The van der Waals surface area contributed by atoms with Crippen molar-refractivity contribution in [2.75, 3.05) is 5.32 Å². The van der Waals surface area contributed by atoms with E-state index < -0.39 is 0 Å². The Labute approximate surface area is 118 Å². The molecule has 2 aromatic carbocycles. The van der Waals surface area contributed by atoms with E-state index in [-0.39, 0.29) is 5.82 Å². The van der Waals surface area contributed by atoms with E-state index in [0.717, 1.165) is 5.69 Å². The molecule has 1 N–H and O–H groups in total. The third-order valence-corrected chi connectivity index (χ3v) is 3.29. The highest BCUT2D eigenvalue weighted by Crippen LogP contribution is 2.24. The maximum atomic E-state index is 13.6. The van der Waals surface area contributed by atoms with E-state index in [9.17, 15) is 4.39 Å². The molecule has 0 aliphatic carbocycles. The standard InChI is InChI=1S/C16H17ClFN/c1-11(2)14-5-3-4-6-16(14)19-10-12-9-13(17)7-8-15(12)18/h3-9,11,19H,10H2,1-2H3. The van der Waals surface area contributed by atoms with Gasteiger partial charge in [-0.1, -0.05) is 43.6 Å². The molecular formula is C16H17ClFN. The minimum absolute atomic E-state index is 0.237. The molecule has 19 heavy (non-hydrogen) atoms. The van der Waals surface area contributed by atoms with Crippen molar-refractivity contribution in [3.8, 4) is 0 Å². The maximum absolute atomic E-state index is 13.6. The first-order valence-corrected chi connectivity index (χ1v) is 6.72. The van der Waals surface area contributed by atoms with Gasteiger partial charge in [-0.15, -0.1) is 0 Å². The quantitative estimate of drug-likeness (QED) is 0.808. The van der Waals surface area contributed by atoms with Crippen molar-refractivity contribution in [1.29, 1.82) is 0 Å². The van der Waals surface area contributed by atoms with E-state index in [2.05, 4.69) is 25.2 Å². The third-order valence-electron chi connectivity index (χ3n) is 3.06. The minimum atomic E-state index is -0.237. The fourth-order valence-electron chi connectivity index (χ4n) is 2.03. The molecule has 0 saturated carbocycles. The lowest BCUT2D eigenvalue weighted by Crippen LogP contribution is -2.04. The van der Waals surface area contributed by atoms with E-state index in [1.807, 2.05) is 18.2 Å². The van der Waals surface area contributed by atoms with Gasteiger partial charge < -0.3 is 5.32 Å². The van der Waals surface area contributed by atoms with E-state index in [0.29, 0.717) is 23.0 Å². The fraction of sp³-hybridized carbons (Fsp3) is 0.250. The Hall–Kier alpha value is -1.54. The summed E-state index contributed by atoms with van der Waals surface area (Å²) in [5.74, 6) is 0.187. The number of para-hydroxylation sites is 1. The van der Waals surface area contributed by atoms with Gasteiger partial charge in [0.1, 0.15) is 5.82 Å². The molecule has 0 bridgehead atoms. The lowest BCUT2D eigenvalue weighted by Gasteiger charge is -2.15. The summed E-state index contributed by atoms with van der Waals surface area (Å²) >= 11 is 5.89. The monoisotopic (exact) mass is 277 g/mol. The van der Waals surface area contributed by atoms with Crippen LogP contribution in [0.2, 0.25) is 5.02 Å². The van der Waals surface area contributed by atoms with E-state index in [1.54, 1.807) is 12.1 Å². The Morgan fingerprint density at radius 2 is 1.89 bits per heavy atom. The normalized spacial score (nSPS) is 10.8. The second-order valence-corrected chi connectivity index (χ2v) is 5.27. The van der Waals surface area contributed by atoms with Crippen LogP contribution in [0.5, 0.6) is 0 Å². The van der Waals surface area contributed by atoms with Crippen molar-refractivity contribution in [1.82, 2.24) is 0 Å². The summed E-state index contributed by atoms with van der Waals surface area (Å²) in [6.45, 7) is 4.71. The van der Waals surface area contributed by atoms with Crippen LogP contribution >= 0.6 is 11.6 Å². The average Bonchev–Trinajstić information content (AvgIpc) is 2.40.